The Bertz CT molecular complexity index is 778. The number of halogens is 1. The van der Waals surface area contributed by atoms with Crippen LogP contribution in [0.25, 0.3) is 0 Å². The highest BCUT2D eigenvalue weighted by atomic mass is 35.5. The fraction of sp³-hybridized carbons (Fsp3) is 0.125. The van der Waals surface area contributed by atoms with E-state index >= 15 is 0 Å². The van der Waals surface area contributed by atoms with Crippen molar-refractivity contribution in [3.63, 3.8) is 0 Å². The quantitative estimate of drug-likeness (QED) is 0.689. The van der Waals surface area contributed by atoms with Crippen molar-refractivity contribution in [2.75, 3.05) is 6.54 Å². The highest BCUT2D eigenvalue weighted by Crippen LogP contribution is 2.13. The highest BCUT2D eigenvalue weighted by molar-refractivity contribution is 7.89. The molecule has 0 aromatic heterocycles. The normalized spacial score (nSPS) is 11.0. The Hall–Kier alpha value is -1.84. The molecule has 0 aliphatic carbocycles. The first-order valence-electron chi connectivity index (χ1n) is 6.51. The lowest BCUT2D eigenvalue weighted by Gasteiger charge is -2.13. The van der Waals surface area contributed by atoms with Crippen molar-refractivity contribution in [1.29, 1.82) is 0 Å². The van der Waals surface area contributed by atoms with E-state index in [0.717, 1.165) is 5.56 Å². The van der Waals surface area contributed by atoms with E-state index in [2.05, 4.69) is 11.8 Å². The first kappa shape index (κ1) is 16.5. The van der Waals surface area contributed by atoms with E-state index in [0.29, 0.717) is 9.49 Å². The van der Waals surface area contributed by atoms with Crippen LogP contribution in [-0.2, 0) is 10.0 Å². The third-order valence-corrected chi connectivity index (χ3v) is 4.68. The first-order valence-corrected chi connectivity index (χ1v) is 8.33. The summed E-state index contributed by atoms with van der Waals surface area (Å²) in [6.07, 6.45) is 0.213. The van der Waals surface area contributed by atoms with Crippen LogP contribution in [0.2, 0.25) is 5.02 Å². The molecule has 0 heterocycles. The molecule has 6 heteroatoms. The maximum Gasteiger partial charge on any atom is 0.264 e. The molecule has 0 fully saturated rings. The standard InChI is InChI=1S/C16H14ClNO3S/c17-15-11-9-14(10-12-15)6-4-5-13-18(19)22(20,21)16-7-2-1-3-8-16/h1-3,7-12,19H,5,13H2. The molecule has 0 aliphatic rings. The molecule has 114 valence electrons. The van der Waals surface area contributed by atoms with Crippen molar-refractivity contribution in [3.8, 4) is 11.8 Å². The fourth-order valence-corrected chi connectivity index (χ4v) is 2.89. The third kappa shape index (κ3) is 4.33. The molecule has 0 amide bonds. The van der Waals surface area contributed by atoms with Crippen molar-refractivity contribution in [3.05, 3.63) is 65.2 Å². The van der Waals surface area contributed by atoms with Gasteiger partial charge in [-0.3, -0.25) is 5.21 Å². The minimum atomic E-state index is -3.89. The molecule has 1 N–H and O–H groups in total. The lowest BCUT2D eigenvalue weighted by atomic mass is 10.2. The van der Waals surface area contributed by atoms with Gasteiger partial charge < -0.3 is 0 Å². The number of hydroxylamine groups is 1. The minimum Gasteiger partial charge on any atom is -0.299 e. The molecule has 4 nitrogen and oxygen atoms in total. The third-order valence-electron chi connectivity index (χ3n) is 2.82. The second-order valence-corrected chi connectivity index (χ2v) is 6.70. The lowest BCUT2D eigenvalue weighted by Crippen LogP contribution is -2.28. The Morgan fingerprint density at radius 1 is 1.05 bits per heavy atom. The highest BCUT2D eigenvalue weighted by Gasteiger charge is 2.21. The van der Waals surface area contributed by atoms with Gasteiger partial charge in [-0.1, -0.05) is 46.1 Å². The largest absolute Gasteiger partial charge is 0.299 e. The first-order chi connectivity index (χ1) is 10.5. The molecule has 0 saturated carbocycles. The molecular formula is C16H14ClNO3S. The Morgan fingerprint density at radius 2 is 1.68 bits per heavy atom. The number of hydrogen-bond acceptors (Lipinski definition) is 3. The molecule has 2 aromatic rings. The van der Waals surface area contributed by atoms with E-state index < -0.39 is 10.0 Å². The van der Waals surface area contributed by atoms with E-state index in [4.69, 9.17) is 11.6 Å². The van der Waals surface area contributed by atoms with Gasteiger partial charge in [-0.2, -0.15) is 0 Å². The fourth-order valence-electron chi connectivity index (χ4n) is 1.68. The van der Waals surface area contributed by atoms with Crippen LogP contribution >= 0.6 is 11.6 Å². The number of hydrogen-bond donors (Lipinski definition) is 1. The summed E-state index contributed by atoms with van der Waals surface area (Å²) in [6, 6.07) is 14.8. The van der Waals surface area contributed by atoms with Crippen molar-refractivity contribution < 1.29 is 13.6 Å². The number of sulfonamides is 1. The van der Waals surface area contributed by atoms with Crippen LogP contribution in [-0.4, -0.2) is 24.6 Å². The molecule has 0 saturated heterocycles. The van der Waals surface area contributed by atoms with Crippen LogP contribution in [0.5, 0.6) is 0 Å². The molecule has 0 radical (unpaired) electrons. The molecule has 2 rings (SSSR count). The van der Waals surface area contributed by atoms with Gasteiger partial charge in [-0.05, 0) is 36.4 Å². The summed E-state index contributed by atoms with van der Waals surface area (Å²) in [4.78, 5) is 0.0446. The lowest BCUT2D eigenvalue weighted by molar-refractivity contribution is 0.00547. The average molecular weight is 336 g/mol. The summed E-state index contributed by atoms with van der Waals surface area (Å²) in [7, 11) is -3.89. The molecule has 0 unspecified atom stereocenters. The molecule has 2 aromatic carbocycles. The zero-order chi connectivity index (χ0) is 16.0. The maximum atomic E-state index is 12.0. The van der Waals surface area contributed by atoms with Gasteiger partial charge in [0, 0.05) is 17.0 Å². The van der Waals surface area contributed by atoms with E-state index in [1.165, 1.54) is 12.1 Å². The zero-order valence-electron chi connectivity index (χ0n) is 11.6. The Balaban J connectivity index is 1.96. The smallest absolute Gasteiger partial charge is 0.264 e. The average Bonchev–Trinajstić information content (AvgIpc) is 2.54. The van der Waals surface area contributed by atoms with Crippen molar-refractivity contribution >= 4 is 21.6 Å². The van der Waals surface area contributed by atoms with Crippen molar-refractivity contribution in [1.82, 2.24) is 4.47 Å². The predicted molar refractivity (Wildman–Crippen MR) is 85.1 cm³/mol. The van der Waals surface area contributed by atoms with E-state index in [1.807, 2.05) is 0 Å². The van der Waals surface area contributed by atoms with Crippen molar-refractivity contribution in [2.45, 2.75) is 11.3 Å². The molecular weight excluding hydrogens is 322 g/mol. The van der Waals surface area contributed by atoms with Gasteiger partial charge in [0.2, 0.25) is 0 Å². The summed E-state index contributed by atoms with van der Waals surface area (Å²) < 4.78 is 24.4. The second kappa shape index (κ2) is 7.43. The van der Waals surface area contributed by atoms with Crippen LogP contribution < -0.4 is 0 Å². The topological polar surface area (TPSA) is 57.6 Å². The Morgan fingerprint density at radius 3 is 2.32 bits per heavy atom. The Kier molecular flexibility index (Phi) is 5.58. The van der Waals surface area contributed by atoms with Gasteiger partial charge in [0.25, 0.3) is 10.0 Å². The van der Waals surface area contributed by atoms with Gasteiger partial charge >= 0.3 is 0 Å². The monoisotopic (exact) mass is 335 g/mol. The SMILES string of the molecule is O=S(=O)(c1ccccc1)N(O)CCC#Cc1ccc(Cl)cc1. The second-order valence-electron chi connectivity index (χ2n) is 4.42. The van der Waals surface area contributed by atoms with Gasteiger partial charge in [-0.15, -0.1) is 0 Å². The van der Waals surface area contributed by atoms with Gasteiger partial charge in [0.15, 0.2) is 0 Å². The van der Waals surface area contributed by atoms with Crippen LogP contribution in [0.1, 0.15) is 12.0 Å². The number of nitrogens with zero attached hydrogens (tertiary/aromatic N) is 1. The van der Waals surface area contributed by atoms with Crippen LogP contribution in [0.3, 0.4) is 0 Å². The summed E-state index contributed by atoms with van der Waals surface area (Å²) in [6.45, 7) is -0.0994. The van der Waals surface area contributed by atoms with Crippen LogP contribution in [0.4, 0.5) is 0 Å². The molecule has 0 atom stereocenters. The van der Waals surface area contributed by atoms with E-state index in [-0.39, 0.29) is 17.9 Å². The van der Waals surface area contributed by atoms with Crippen LogP contribution in [0, 0.1) is 11.8 Å². The summed E-state index contributed by atoms with van der Waals surface area (Å²) in [5, 5.41) is 10.4. The summed E-state index contributed by atoms with van der Waals surface area (Å²) in [5.74, 6) is 5.69. The number of rotatable bonds is 4. The van der Waals surface area contributed by atoms with Crippen molar-refractivity contribution in [2.24, 2.45) is 0 Å². The maximum absolute atomic E-state index is 12.0. The summed E-state index contributed by atoms with van der Waals surface area (Å²) in [5.41, 5.74) is 0.778. The Labute approximate surface area is 135 Å². The molecule has 0 aliphatic heterocycles. The minimum absolute atomic E-state index is 0.0446. The summed E-state index contributed by atoms with van der Waals surface area (Å²) >= 11 is 5.77. The molecule has 22 heavy (non-hydrogen) atoms. The van der Waals surface area contributed by atoms with Gasteiger partial charge in [-0.25, -0.2) is 8.42 Å². The van der Waals surface area contributed by atoms with Gasteiger partial charge in [0.05, 0.1) is 11.4 Å². The predicted octanol–water partition coefficient (Wildman–Crippen LogP) is 3.16. The van der Waals surface area contributed by atoms with Gasteiger partial charge in [0.1, 0.15) is 0 Å². The number of benzene rings is 2. The van der Waals surface area contributed by atoms with Crippen LogP contribution in [0.15, 0.2) is 59.5 Å². The van der Waals surface area contributed by atoms with E-state index in [1.54, 1.807) is 42.5 Å². The van der Waals surface area contributed by atoms with E-state index in [9.17, 15) is 13.6 Å². The zero-order valence-corrected chi connectivity index (χ0v) is 13.2. The molecule has 0 spiro atoms. The molecule has 0 bridgehead atoms.